The SMILES string of the molecule is Cc1ccccc1-c1cc(NCC2CCCN(S(=O)c3ccccc3)C2)n2ncc(C)c2n1. The Morgan fingerprint density at radius 1 is 1.06 bits per heavy atom. The third kappa shape index (κ3) is 4.56. The molecule has 1 aliphatic heterocycles. The van der Waals surface area contributed by atoms with Crippen LogP contribution >= 0.6 is 0 Å². The average Bonchev–Trinajstić information content (AvgIpc) is 3.24. The van der Waals surface area contributed by atoms with E-state index in [0.29, 0.717) is 5.92 Å². The first-order valence-corrected chi connectivity index (χ1v) is 12.6. The molecule has 0 aliphatic carbocycles. The first kappa shape index (κ1) is 21.8. The second kappa shape index (κ2) is 9.45. The summed E-state index contributed by atoms with van der Waals surface area (Å²) in [7, 11) is -1.11. The molecule has 33 heavy (non-hydrogen) atoms. The summed E-state index contributed by atoms with van der Waals surface area (Å²) in [5.74, 6) is 1.35. The summed E-state index contributed by atoms with van der Waals surface area (Å²) in [5.41, 5.74) is 5.20. The van der Waals surface area contributed by atoms with E-state index in [4.69, 9.17) is 4.98 Å². The molecule has 3 heterocycles. The van der Waals surface area contributed by atoms with Gasteiger partial charge in [0.15, 0.2) is 5.65 Å². The maximum atomic E-state index is 13.0. The van der Waals surface area contributed by atoms with Crippen molar-refractivity contribution in [3.8, 4) is 11.3 Å². The molecule has 1 N–H and O–H groups in total. The highest BCUT2D eigenvalue weighted by Gasteiger charge is 2.25. The van der Waals surface area contributed by atoms with Crippen LogP contribution in [0.1, 0.15) is 24.0 Å². The van der Waals surface area contributed by atoms with Gasteiger partial charge in [0.1, 0.15) is 16.8 Å². The van der Waals surface area contributed by atoms with Crippen LogP contribution < -0.4 is 5.32 Å². The summed E-state index contributed by atoms with van der Waals surface area (Å²) in [4.78, 5) is 5.77. The summed E-state index contributed by atoms with van der Waals surface area (Å²) in [6.45, 7) is 6.63. The smallest absolute Gasteiger partial charge is 0.160 e. The Hall–Kier alpha value is -3.03. The number of hydrogen-bond donors (Lipinski definition) is 1. The minimum absolute atomic E-state index is 0.410. The van der Waals surface area contributed by atoms with Crippen LogP contribution in [-0.4, -0.2) is 42.7 Å². The van der Waals surface area contributed by atoms with Gasteiger partial charge in [0.05, 0.1) is 16.8 Å². The number of piperidine rings is 1. The number of hydrogen-bond acceptors (Lipinski definition) is 4. The van der Waals surface area contributed by atoms with Crippen molar-refractivity contribution < 1.29 is 4.21 Å². The summed E-state index contributed by atoms with van der Waals surface area (Å²) in [5, 5.41) is 8.19. The highest BCUT2D eigenvalue weighted by atomic mass is 32.2. The van der Waals surface area contributed by atoms with Gasteiger partial charge >= 0.3 is 0 Å². The predicted molar refractivity (Wildman–Crippen MR) is 134 cm³/mol. The molecule has 6 nitrogen and oxygen atoms in total. The van der Waals surface area contributed by atoms with Gasteiger partial charge in [0.25, 0.3) is 0 Å². The zero-order chi connectivity index (χ0) is 22.8. The van der Waals surface area contributed by atoms with Gasteiger partial charge in [-0.25, -0.2) is 13.5 Å². The van der Waals surface area contributed by atoms with E-state index in [1.54, 1.807) is 0 Å². The minimum Gasteiger partial charge on any atom is -0.370 e. The topological polar surface area (TPSA) is 62.5 Å². The summed E-state index contributed by atoms with van der Waals surface area (Å²) in [6.07, 6.45) is 4.03. The molecule has 4 aromatic rings. The fourth-order valence-electron chi connectivity index (χ4n) is 4.48. The number of nitrogens with one attached hydrogen (secondary N) is 1. The van der Waals surface area contributed by atoms with Gasteiger partial charge in [0.2, 0.25) is 0 Å². The van der Waals surface area contributed by atoms with E-state index in [1.165, 1.54) is 5.56 Å². The second-order valence-corrected chi connectivity index (χ2v) is 10.2. The fourth-order valence-corrected chi connectivity index (χ4v) is 5.81. The molecule has 5 rings (SSSR count). The zero-order valence-electron chi connectivity index (χ0n) is 19.1. The van der Waals surface area contributed by atoms with Crippen molar-refractivity contribution in [3.05, 3.63) is 78.0 Å². The lowest BCUT2D eigenvalue weighted by atomic mass is 10.00. The standard InChI is InChI=1S/C26H29N5OS/c1-19-9-6-7-13-23(19)24-15-25(31-26(29-24)20(2)16-28-31)27-17-21-10-8-14-30(18-21)33(32)22-11-4-3-5-12-22/h3-7,9,11-13,15-16,21,27H,8,10,14,17-18H2,1-2H3. The van der Waals surface area contributed by atoms with Crippen LogP contribution in [0.5, 0.6) is 0 Å². The molecule has 2 aromatic carbocycles. The lowest BCUT2D eigenvalue weighted by Gasteiger charge is -2.31. The predicted octanol–water partition coefficient (Wildman–Crippen LogP) is 4.86. The average molecular weight is 460 g/mol. The first-order chi connectivity index (χ1) is 16.1. The second-order valence-electron chi connectivity index (χ2n) is 8.74. The van der Waals surface area contributed by atoms with Crippen LogP contribution in [0.3, 0.4) is 0 Å². The molecule has 7 heteroatoms. The molecule has 0 bridgehead atoms. The molecule has 2 unspecified atom stereocenters. The van der Waals surface area contributed by atoms with Gasteiger partial charge in [-0.1, -0.05) is 42.5 Å². The van der Waals surface area contributed by atoms with Gasteiger partial charge in [-0.05, 0) is 50.3 Å². The third-order valence-corrected chi connectivity index (χ3v) is 7.78. The van der Waals surface area contributed by atoms with Gasteiger partial charge in [0, 0.05) is 36.8 Å². The molecule has 0 radical (unpaired) electrons. The molecule has 0 saturated carbocycles. The van der Waals surface area contributed by atoms with E-state index in [-0.39, 0.29) is 0 Å². The van der Waals surface area contributed by atoms with Crippen molar-refractivity contribution >= 4 is 22.5 Å². The molecule has 170 valence electrons. The van der Waals surface area contributed by atoms with Crippen molar-refractivity contribution in [2.45, 2.75) is 31.6 Å². The number of nitrogens with zero attached hydrogens (tertiary/aromatic N) is 4. The van der Waals surface area contributed by atoms with Crippen molar-refractivity contribution in [2.75, 3.05) is 25.0 Å². The van der Waals surface area contributed by atoms with Crippen LogP contribution in [-0.2, 0) is 11.0 Å². The Balaban J connectivity index is 1.36. The van der Waals surface area contributed by atoms with E-state index in [9.17, 15) is 4.21 Å². The molecule has 1 fully saturated rings. The van der Waals surface area contributed by atoms with E-state index >= 15 is 0 Å². The van der Waals surface area contributed by atoms with Crippen molar-refractivity contribution in [1.82, 2.24) is 18.9 Å². The van der Waals surface area contributed by atoms with Crippen molar-refractivity contribution in [1.29, 1.82) is 0 Å². The van der Waals surface area contributed by atoms with Crippen LogP contribution in [0.2, 0.25) is 0 Å². The Bertz CT molecular complexity index is 1290. The summed E-state index contributed by atoms with van der Waals surface area (Å²) in [6, 6.07) is 20.2. The fraction of sp³-hybridized carbons (Fsp3) is 0.308. The molecule has 1 saturated heterocycles. The van der Waals surface area contributed by atoms with E-state index < -0.39 is 11.0 Å². The number of aromatic nitrogens is 3. The lowest BCUT2D eigenvalue weighted by molar-refractivity contribution is 0.286. The number of rotatable bonds is 6. The Morgan fingerprint density at radius 2 is 1.85 bits per heavy atom. The normalized spacial score (nSPS) is 17.8. The largest absolute Gasteiger partial charge is 0.370 e. The van der Waals surface area contributed by atoms with E-state index in [2.05, 4.69) is 45.9 Å². The van der Waals surface area contributed by atoms with Crippen molar-refractivity contribution in [2.24, 2.45) is 5.92 Å². The third-order valence-electron chi connectivity index (χ3n) is 6.30. The number of anilines is 1. The Labute approximate surface area is 197 Å². The number of fused-ring (bicyclic) bond motifs is 1. The van der Waals surface area contributed by atoms with Crippen molar-refractivity contribution in [3.63, 3.8) is 0 Å². The lowest BCUT2D eigenvalue weighted by Crippen LogP contribution is -2.39. The highest BCUT2D eigenvalue weighted by molar-refractivity contribution is 7.82. The monoisotopic (exact) mass is 459 g/mol. The molecular formula is C26H29N5OS. The summed E-state index contributed by atoms with van der Waals surface area (Å²) >= 11 is 0. The molecule has 0 amide bonds. The van der Waals surface area contributed by atoms with Gasteiger partial charge in [-0.3, -0.25) is 0 Å². The quantitative estimate of drug-likeness (QED) is 0.447. The van der Waals surface area contributed by atoms with Crippen LogP contribution in [0, 0.1) is 19.8 Å². The van der Waals surface area contributed by atoms with Crippen LogP contribution in [0.4, 0.5) is 5.82 Å². The highest BCUT2D eigenvalue weighted by Crippen LogP contribution is 2.27. The maximum Gasteiger partial charge on any atom is 0.160 e. The summed E-state index contributed by atoms with van der Waals surface area (Å²) < 4.78 is 17.0. The molecule has 1 aliphatic rings. The minimum atomic E-state index is -1.11. The Kier molecular flexibility index (Phi) is 6.24. The van der Waals surface area contributed by atoms with Crippen LogP contribution in [0.25, 0.3) is 16.9 Å². The van der Waals surface area contributed by atoms with E-state index in [0.717, 1.165) is 65.7 Å². The number of aryl methyl sites for hydroxylation is 2. The first-order valence-electron chi connectivity index (χ1n) is 11.5. The van der Waals surface area contributed by atoms with Gasteiger partial charge in [-0.2, -0.15) is 9.61 Å². The van der Waals surface area contributed by atoms with Crippen LogP contribution in [0.15, 0.2) is 71.8 Å². The van der Waals surface area contributed by atoms with E-state index in [1.807, 2.05) is 54.0 Å². The molecular weight excluding hydrogens is 430 g/mol. The van der Waals surface area contributed by atoms with Gasteiger partial charge < -0.3 is 5.32 Å². The molecule has 2 atom stereocenters. The molecule has 2 aromatic heterocycles. The molecule has 0 spiro atoms. The number of benzene rings is 2. The Morgan fingerprint density at radius 3 is 2.67 bits per heavy atom. The van der Waals surface area contributed by atoms with Gasteiger partial charge in [-0.15, -0.1) is 0 Å². The zero-order valence-corrected chi connectivity index (χ0v) is 19.9. The maximum absolute atomic E-state index is 13.0.